The van der Waals surface area contributed by atoms with Gasteiger partial charge in [0.2, 0.25) is 0 Å². The lowest BCUT2D eigenvalue weighted by Crippen LogP contribution is -2.46. The fraction of sp³-hybridized carbons (Fsp3) is 0.562. The maximum absolute atomic E-state index is 12.2. The summed E-state index contributed by atoms with van der Waals surface area (Å²) in [5, 5.41) is 10.1. The molecule has 21 heavy (non-hydrogen) atoms. The minimum atomic E-state index is -0.138. The van der Waals surface area contributed by atoms with Crippen molar-refractivity contribution >= 4 is 11.0 Å². The zero-order valence-electron chi connectivity index (χ0n) is 12.7. The summed E-state index contributed by atoms with van der Waals surface area (Å²) in [5.74, 6) is 0.165. The SMILES string of the molecule is CC(C)N1CCCCC1Cn1c(=O)[nH]c2cccc(O)c21. The molecule has 1 aromatic carbocycles. The molecule has 5 heteroatoms. The molecular formula is C16H23N3O2. The van der Waals surface area contributed by atoms with Crippen LogP contribution in [0, 0.1) is 0 Å². The summed E-state index contributed by atoms with van der Waals surface area (Å²) >= 11 is 0. The highest BCUT2D eigenvalue weighted by molar-refractivity contribution is 5.81. The molecule has 0 spiro atoms. The largest absolute Gasteiger partial charge is 0.506 e. The quantitative estimate of drug-likeness (QED) is 0.911. The Morgan fingerprint density at radius 2 is 2.19 bits per heavy atom. The Morgan fingerprint density at radius 1 is 1.38 bits per heavy atom. The molecular weight excluding hydrogens is 266 g/mol. The second-order valence-corrected chi connectivity index (χ2v) is 6.20. The predicted octanol–water partition coefficient (Wildman–Crippen LogP) is 2.30. The number of aromatic nitrogens is 2. The van der Waals surface area contributed by atoms with E-state index in [2.05, 4.69) is 23.7 Å². The first-order valence-corrected chi connectivity index (χ1v) is 7.74. The van der Waals surface area contributed by atoms with Crippen molar-refractivity contribution < 1.29 is 5.11 Å². The predicted molar refractivity (Wildman–Crippen MR) is 83.7 cm³/mol. The van der Waals surface area contributed by atoms with Crippen LogP contribution in [-0.2, 0) is 6.54 Å². The van der Waals surface area contributed by atoms with Gasteiger partial charge in [-0.15, -0.1) is 0 Å². The maximum Gasteiger partial charge on any atom is 0.326 e. The molecule has 1 aliphatic rings. The number of piperidine rings is 1. The van der Waals surface area contributed by atoms with E-state index in [-0.39, 0.29) is 11.4 Å². The van der Waals surface area contributed by atoms with Crippen molar-refractivity contribution in [3.63, 3.8) is 0 Å². The molecule has 1 aromatic heterocycles. The zero-order valence-corrected chi connectivity index (χ0v) is 12.7. The number of hydrogen-bond donors (Lipinski definition) is 2. The van der Waals surface area contributed by atoms with Crippen molar-refractivity contribution in [2.24, 2.45) is 0 Å². The van der Waals surface area contributed by atoms with Gasteiger partial charge in [-0.3, -0.25) is 9.47 Å². The van der Waals surface area contributed by atoms with Crippen molar-refractivity contribution in [2.75, 3.05) is 6.54 Å². The smallest absolute Gasteiger partial charge is 0.326 e. The van der Waals surface area contributed by atoms with Crippen LogP contribution in [0.15, 0.2) is 23.0 Å². The van der Waals surface area contributed by atoms with Crippen LogP contribution in [0.5, 0.6) is 5.75 Å². The first-order chi connectivity index (χ1) is 10.1. The second kappa shape index (κ2) is 5.56. The topological polar surface area (TPSA) is 61.3 Å². The molecule has 1 fully saturated rings. The summed E-state index contributed by atoms with van der Waals surface area (Å²) in [5.41, 5.74) is 1.18. The Hall–Kier alpha value is -1.75. The van der Waals surface area contributed by atoms with E-state index < -0.39 is 0 Å². The summed E-state index contributed by atoms with van der Waals surface area (Å²) in [6.07, 6.45) is 3.53. The van der Waals surface area contributed by atoms with Crippen LogP contribution in [0.1, 0.15) is 33.1 Å². The first kappa shape index (κ1) is 14.2. The number of fused-ring (bicyclic) bond motifs is 1. The van der Waals surface area contributed by atoms with Gasteiger partial charge in [0.15, 0.2) is 0 Å². The van der Waals surface area contributed by atoms with Crippen LogP contribution >= 0.6 is 0 Å². The molecule has 0 bridgehead atoms. The minimum absolute atomic E-state index is 0.138. The van der Waals surface area contributed by atoms with E-state index in [0.717, 1.165) is 13.0 Å². The van der Waals surface area contributed by atoms with Gasteiger partial charge in [0.05, 0.1) is 5.52 Å². The standard InChI is InChI=1S/C16H23N3O2/c1-11(2)18-9-4-3-6-12(18)10-19-15-13(17-16(19)21)7-5-8-14(15)20/h5,7-8,11-12,20H,3-4,6,9-10H2,1-2H3,(H,17,21). The summed E-state index contributed by atoms with van der Waals surface area (Å²) in [4.78, 5) is 17.5. The third-order valence-electron chi connectivity index (χ3n) is 4.50. The van der Waals surface area contributed by atoms with E-state index in [1.165, 1.54) is 12.8 Å². The van der Waals surface area contributed by atoms with Crippen molar-refractivity contribution in [1.29, 1.82) is 0 Å². The highest BCUT2D eigenvalue weighted by atomic mass is 16.3. The van der Waals surface area contributed by atoms with Crippen molar-refractivity contribution in [3.8, 4) is 5.75 Å². The third-order valence-corrected chi connectivity index (χ3v) is 4.50. The molecule has 0 radical (unpaired) electrons. The highest BCUT2D eigenvalue weighted by Gasteiger charge is 2.26. The third kappa shape index (κ3) is 2.58. The molecule has 0 aliphatic carbocycles. The number of aromatic hydroxyl groups is 1. The van der Waals surface area contributed by atoms with Gasteiger partial charge >= 0.3 is 5.69 Å². The molecule has 0 saturated carbocycles. The van der Waals surface area contributed by atoms with E-state index in [0.29, 0.717) is 29.7 Å². The number of nitrogens with zero attached hydrogens (tertiary/aromatic N) is 2. The molecule has 2 N–H and O–H groups in total. The monoisotopic (exact) mass is 289 g/mol. The number of H-pyrrole nitrogens is 1. The van der Waals surface area contributed by atoms with Crippen LogP contribution < -0.4 is 5.69 Å². The lowest BCUT2D eigenvalue weighted by Gasteiger charge is -2.38. The molecule has 0 amide bonds. The van der Waals surface area contributed by atoms with E-state index in [4.69, 9.17) is 0 Å². The summed E-state index contributed by atoms with van der Waals surface area (Å²) < 4.78 is 1.69. The average molecular weight is 289 g/mol. The molecule has 1 aliphatic heterocycles. The maximum atomic E-state index is 12.2. The molecule has 1 atom stereocenters. The van der Waals surface area contributed by atoms with Gasteiger partial charge in [-0.05, 0) is 45.4 Å². The minimum Gasteiger partial charge on any atom is -0.506 e. The summed E-state index contributed by atoms with van der Waals surface area (Å²) in [6.45, 7) is 6.13. The molecule has 114 valence electrons. The van der Waals surface area contributed by atoms with Crippen LogP contribution in [0.2, 0.25) is 0 Å². The van der Waals surface area contributed by atoms with Gasteiger partial charge < -0.3 is 10.1 Å². The van der Waals surface area contributed by atoms with Crippen molar-refractivity contribution in [2.45, 2.75) is 51.7 Å². The zero-order chi connectivity index (χ0) is 15.0. The Kier molecular flexibility index (Phi) is 3.76. The fourth-order valence-electron chi connectivity index (χ4n) is 3.48. The van der Waals surface area contributed by atoms with Crippen LogP contribution in [0.3, 0.4) is 0 Å². The number of nitrogens with one attached hydrogen (secondary N) is 1. The Bertz CT molecular complexity index is 686. The normalized spacial score (nSPS) is 20.4. The van der Waals surface area contributed by atoms with Gasteiger partial charge in [0.1, 0.15) is 11.3 Å². The lowest BCUT2D eigenvalue weighted by atomic mass is 10.00. The van der Waals surface area contributed by atoms with E-state index >= 15 is 0 Å². The van der Waals surface area contributed by atoms with Gasteiger partial charge in [-0.25, -0.2) is 4.79 Å². The van der Waals surface area contributed by atoms with E-state index in [1.807, 2.05) is 6.07 Å². The number of likely N-dealkylation sites (tertiary alicyclic amines) is 1. The summed E-state index contributed by atoms with van der Waals surface area (Å²) in [6, 6.07) is 6.04. The number of phenols is 1. The lowest BCUT2D eigenvalue weighted by molar-refractivity contribution is 0.0992. The second-order valence-electron chi connectivity index (χ2n) is 6.20. The molecule has 2 heterocycles. The van der Waals surface area contributed by atoms with E-state index in [9.17, 15) is 9.90 Å². The van der Waals surface area contributed by atoms with Crippen LogP contribution in [0.4, 0.5) is 0 Å². The molecule has 5 nitrogen and oxygen atoms in total. The van der Waals surface area contributed by atoms with Gasteiger partial charge in [-0.2, -0.15) is 0 Å². The Balaban J connectivity index is 1.97. The molecule has 2 aromatic rings. The fourth-order valence-corrected chi connectivity index (χ4v) is 3.48. The van der Waals surface area contributed by atoms with Crippen molar-refractivity contribution in [3.05, 3.63) is 28.7 Å². The number of phenolic OH excluding ortho intramolecular Hbond substituents is 1. The van der Waals surface area contributed by atoms with Gasteiger partial charge in [0, 0.05) is 18.6 Å². The number of hydrogen-bond acceptors (Lipinski definition) is 3. The Morgan fingerprint density at radius 3 is 2.95 bits per heavy atom. The Labute approximate surface area is 124 Å². The van der Waals surface area contributed by atoms with Gasteiger partial charge in [-0.1, -0.05) is 12.5 Å². The number of rotatable bonds is 3. The van der Waals surface area contributed by atoms with Crippen LogP contribution in [-0.4, -0.2) is 38.2 Å². The first-order valence-electron chi connectivity index (χ1n) is 7.74. The van der Waals surface area contributed by atoms with Crippen molar-refractivity contribution in [1.82, 2.24) is 14.5 Å². The summed E-state index contributed by atoms with van der Waals surface area (Å²) in [7, 11) is 0. The number of para-hydroxylation sites is 1. The molecule has 1 unspecified atom stereocenters. The number of benzene rings is 1. The highest BCUT2D eigenvalue weighted by Crippen LogP contribution is 2.25. The molecule has 3 rings (SSSR count). The number of aromatic amines is 1. The average Bonchev–Trinajstić information content (AvgIpc) is 2.77. The van der Waals surface area contributed by atoms with Gasteiger partial charge in [0.25, 0.3) is 0 Å². The number of imidazole rings is 1. The van der Waals surface area contributed by atoms with E-state index in [1.54, 1.807) is 16.7 Å². The van der Waals surface area contributed by atoms with Crippen LogP contribution in [0.25, 0.3) is 11.0 Å². The molecule has 1 saturated heterocycles.